The summed E-state index contributed by atoms with van der Waals surface area (Å²) in [7, 11) is 0. The zero-order valence-electron chi connectivity index (χ0n) is 15.5. The molecule has 0 bridgehead atoms. The number of aromatic nitrogens is 1. The summed E-state index contributed by atoms with van der Waals surface area (Å²) in [6, 6.07) is 10.0. The van der Waals surface area contributed by atoms with Gasteiger partial charge in [-0.3, -0.25) is 4.98 Å². The molecule has 2 aromatic rings. The van der Waals surface area contributed by atoms with Crippen molar-refractivity contribution in [1.29, 1.82) is 0 Å². The Morgan fingerprint density at radius 2 is 1.96 bits per heavy atom. The molecule has 2 atom stereocenters. The summed E-state index contributed by atoms with van der Waals surface area (Å²) in [5.74, 6) is 1.11. The van der Waals surface area contributed by atoms with Gasteiger partial charge in [-0.15, -0.1) is 0 Å². The van der Waals surface area contributed by atoms with E-state index >= 15 is 0 Å². The minimum atomic E-state index is -0.113. The van der Waals surface area contributed by atoms with Gasteiger partial charge in [-0.25, -0.2) is 4.39 Å². The van der Waals surface area contributed by atoms with Crippen LogP contribution in [0.2, 0.25) is 0 Å². The molecule has 1 aromatic carbocycles. The standard InChI is InChI=1S/C23H29FN2/c24-20-9-10-21-19(14-20)8-11-23(26-16-17-5-2-1-3-6-17)22(21)13-18-7-4-12-25-15-18/h4,7,9-10,12,14-15,17,22-23,26H,1-3,5-6,8,11,13,16H2. The molecule has 1 aromatic heterocycles. The van der Waals surface area contributed by atoms with Gasteiger partial charge in [0, 0.05) is 24.4 Å². The number of aryl methyl sites for hydroxylation is 1. The van der Waals surface area contributed by atoms with Crippen LogP contribution in [0.5, 0.6) is 0 Å². The predicted octanol–water partition coefficient (Wildman–Crippen LogP) is 5.03. The number of hydrogen-bond donors (Lipinski definition) is 1. The molecule has 26 heavy (non-hydrogen) atoms. The highest BCUT2D eigenvalue weighted by molar-refractivity contribution is 5.36. The molecule has 0 amide bonds. The second-order valence-electron chi connectivity index (χ2n) is 8.07. The molecule has 2 nitrogen and oxygen atoms in total. The van der Waals surface area contributed by atoms with Gasteiger partial charge in [-0.1, -0.05) is 31.4 Å². The molecule has 1 saturated carbocycles. The number of halogens is 1. The van der Waals surface area contributed by atoms with Gasteiger partial charge in [0.25, 0.3) is 0 Å². The first kappa shape index (κ1) is 17.7. The molecule has 2 aliphatic rings. The second kappa shape index (κ2) is 8.30. The first-order valence-corrected chi connectivity index (χ1v) is 10.2. The van der Waals surface area contributed by atoms with Crippen molar-refractivity contribution >= 4 is 0 Å². The number of nitrogens with one attached hydrogen (secondary N) is 1. The van der Waals surface area contributed by atoms with E-state index < -0.39 is 0 Å². The summed E-state index contributed by atoms with van der Waals surface area (Å²) in [6.07, 6.45) is 13.7. The molecule has 1 fully saturated rings. The van der Waals surface area contributed by atoms with E-state index in [-0.39, 0.29) is 5.82 Å². The Bertz CT molecular complexity index is 709. The largest absolute Gasteiger partial charge is 0.313 e. The van der Waals surface area contributed by atoms with Crippen LogP contribution in [-0.4, -0.2) is 17.6 Å². The normalized spacial score (nSPS) is 23.6. The fourth-order valence-electron chi connectivity index (χ4n) is 4.86. The highest BCUT2D eigenvalue weighted by Gasteiger charge is 2.30. The fourth-order valence-corrected chi connectivity index (χ4v) is 4.86. The average Bonchev–Trinajstić information content (AvgIpc) is 2.69. The van der Waals surface area contributed by atoms with Crippen molar-refractivity contribution in [3.8, 4) is 0 Å². The number of rotatable bonds is 5. The van der Waals surface area contributed by atoms with Crippen molar-refractivity contribution in [3.63, 3.8) is 0 Å². The maximum Gasteiger partial charge on any atom is 0.123 e. The van der Waals surface area contributed by atoms with Gasteiger partial charge in [0.15, 0.2) is 0 Å². The minimum Gasteiger partial charge on any atom is -0.313 e. The molecule has 4 rings (SSSR count). The van der Waals surface area contributed by atoms with Crippen molar-refractivity contribution in [2.75, 3.05) is 6.54 Å². The molecule has 0 aliphatic heterocycles. The third-order valence-corrected chi connectivity index (χ3v) is 6.29. The summed E-state index contributed by atoms with van der Waals surface area (Å²) >= 11 is 0. The minimum absolute atomic E-state index is 0.113. The Labute approximate surface area is 156 Å². The Morgan fingerprint density at radius 1 is 1.08 bits per heavy atom. The third-order valence-electron chi connectivity index (χ3n) is 6.29. The van der Waals surface area contributed by atoms with Crippen LogP contribution in [0.25, 0.3) is 0 Å². The molecule has 2 aliphatic carbocycles. The van der Waals surface area contributed by atoms with E-state index in [0.29, 0.717) is 12.0 Å². The molecule has 2 unspecified atom stereocenters. The zero-order chi connectivity index (χ0) is 17.8. The number of benzene rings is 1. The van der Waals surface area contributed by atoms with Gasteiger partial charge < -0.3 is 5.32 Å². The van der Waals surface area contributed by atoms with Crippen LogP contribution in [0.4, 0.5) is 4.39 Å². The Morgan fingerprint density at radius 3 is 2.77 bits per heavy atom. The van der Waals surface area contributed by atoms with Crippen LogP contribution in [-0.2, 0) is 12.8 Å². The number of fused-ring (bicyclic) bond motifs is 1. The van der Waals surface area contributed by atoms with Gasteiger partial charge in [0.2, 0.25) is 0 Å². The molecule has 0 saturated heterocycles. The summed E-state index contributed by atoms with van der Waals surface area (Å²) in [4.78, 5) is 4.28. The lowest BCUT2D eigenvalue weighted by Gasteiger charge is -2.36. The van der Waals surface area contributed by atoms with Crippen molar-refractivity contribution in [1.82, 2.24) is 10.3 Å². The summed E-state index contributed by atoms with van der Waals surface area (Å²) < 4.78 is 13.7. The summed E-state index contributed by atoms with van der Waals surface area (Å²) in [5.41, 5.74) is 3.77. The molecular formula is C23H29FN2. The SMILES string of the molecule is Fc1ccc2c(c1)CCC(NCC1CCCCC1)C2Cc1cccnc1. The van der Waals surface area contributed by atoms with Gasteiger partial charge in [0.05, 0.1) is 0 Å². The molecule has 0 spiro atoms. The van der Waals surface area contributed by atoms with Crippen LogP contribution in [0.3, 0.4) is 0 Å². The lowest BCUT2D eigenvalue weighted by atomic mass is 9.76. The van der Waals surface area contributed by atoms with Crippen LogP contribution in [0.1, 0.15) is 61.1 Å². The van der Waals surface area contributed by atoms with Crippen LogP contribution in [0.15, 0.2) is 42.7 Å². The van der Waals surface area contributed by atoms with E-state index in [0.717, 1.165) is 31.7 Å². The quantitative estimate of drug-likeness (QED) is 0.816. The number of pyridine rings is 1. The smallest absolute Gasteiger partial charge is 0.123 e. The lowest BCUT2D eigenvalue weighted by Crippen LogP contribution is -2.42. The fraction of sp³-hybridized carbons (Fsp3) is 0.522. The Hall–Kier alpha value is -1.74. The molecule has 1 heterocycles. The molecular weight excluding hydrogens is 323 g/mol. The van der Waals surface area contributed by atoms with Gasteiger partial charge in [-0.2, -0.15) is 0 Å². The summed E-state index contributed by atoms with van der Waals surface area (Å²) in [6.45, 7) is 1.13. The van der Waals surface area contributed by atoms with Crippen LogP contribution in [0, 0.1) is 11.7 Å². The first-order chi connectivity index (χ1) is 12.8. The van der Waals surface area contributed by atoms with E-state index in [9.17, 15) is 4.39 Å². The molecule has 138 valence electrons. The van der Waals surface area contributed by atoms with Crippen molar-refractivity contribution in [3.05, 3.63) is 65.2 Å². The average molecular weight is 352 g/mol. The van der Waals surface area contributed by atoms with E-state index in [1.54, 1.807) is 12.1 Å². The van der Waals surface area contributed by atoms with Crippen LogP contribution < -0.4 is 5.32 Å². The number of hydrogen-bond acceptors (Lipinski definition) is 2. The highest BCUT2D eigenvalue weighted by atomic mass is 19.1. The molecule has 1 N–H and O–H groups in total. The van der Waals surface area contributed by atoms with Crippen molar-refractivity contribution in [2.24, 2.45) is 5.92 Å². The van der Waals surface area contributed by atoms with E-state index in [1.807, 2.05) is 24.5 Å². The lowest BCUT2D eigenvalue weighted by molar-refractivity contribution is 0.301. The van der Waals surface area contributed by atoms with E-state index in [1.165, 1.54) is 48.8 Å². The van der Waals surface area contributed by atoms with Gasteiger partial charge in [0.1, 0.15) is 5.82 Å². The maximum absolute atomic E-state index is 13.7. The zero-order valence-corrected chi connectivity index (χ0v) is 15.5. The van der Waals surface area contributed by atoms with E-state index in [4.69, 9.17) is 0 Å². The van der Waals surface area contributed by atoms with Gasteiger partial charge >= 0.3 is 0 Å². The molecule has 0 radical (unpaired) electrons. The van der Waals surface area contributed by atoms with E-state index in [2.05, 4.69) is 16.4 Å². The van der Waals surface area contributed by atoms with Crippen molar-refractivity contribution < 1.29 is 4.39 Å². The first-order valence-electron chi connectivity index (χ1n) is 10.2. The Kier molecular flexibility index (Phi) is 5.64. The molecule has 3 heteroatoms. The topological polar surface area (TPSA) is 24.9 Å². The number of nitrogens with zero attached hydrogens (tertiary/aromatic N) is 1. The summed E-state index contributed by atoms with van der Waals surface area (Å²) in [5, 5.41) is 3.90. The maximum atomic E-state index is 13.7. The third kappa shape index (κ3) is 4.15. The monoisotopic (exact) mass is 352 g/mol. The van der Waals surface area contributed by atoms with Crippen LogP contribution >= 0.6 is 0 Å². The Balaban J connectivity index is 1.52. The second-order valence-corrected chi connectivity index (χ2v) is 8.07. The van der Waals surface area contributed by atoms with Gasteiger partial charge in [-0.05, 0) is 79.5 Å². The highest BCUT2D eigenvalue weighted by Crippen LogP contribution is 2.35. The predicted molar refractivity (Wildman–Crippen MR) is 104 cm³/mol. The van der Waals surface area contributed by atoms with Crippen molar-refractivity contribution in [2.45, 2.75) is 63.3 Å².